The highest BCUT2D eigenvalue weighted by atomic mass is 32.2. The van der Waals surface area contributed by atoms with Gasteiger partial charge < -0.3 is 24.9 Å². The number of ether oxygens (including phenoxy) is 2. The molecule has 0 spiro atoms. The third kappa shape index (κ3) is 9.77. The number of hydrogen-bond donors (Lipinski definition) is 3. The van der Waals surface area contributed by atoms with Crippen molar-refractivity contribution in [1.82, 2.24) is 19.6 Å². The maximum Gasteiger partial charge on any atom is 0.420 e. The van der Waals surface area contributed by atoms with E-state index in [1.165, 1.54) is 22.3 Å². The summed E-state index contributed by atoms with van der Waals surface area (Å²) in [7, 11) is 0. The lowest BCUT2D eigenvalue weighted by molar-refractivity contribution is 0.0359. The largest absolute Gasteiger partial charge is 0.444 e. The summed E-state index contributed by atoms with van der Waals surface area (Å²) >= 11 is 1.27. The molecule has 0 radical (unpaired) electrons. The molecule has 4 N–H and O–H groups in total. The number of benzene rings is 1. The molecular weight excluding hydrogens is 555 g/mol. The van der Waals surface area contributed by atoms with Gasteiger partial charge in [-0.1, -0.05) is 23.4 Å². The number of rotatable bonds is 9. The first-order valence-electron chi connectivity index (χ1n) is 12.8. The smallest absolute Gasteiger partial charge is 0.420 e. The molecule has 0 unspecified atom stereocenters. The Morgan fingerprint density at radius 1 is 1.24 bits per heavy atom. The third-order valence-corrected chi connectivity index (χ3v) is 6.42. The van der Waals surface area contributed by atoms with Crippen molar-refractivity contribution in [3.8, 4) is 11.1 Å². The van der Waals surface area contributed by atoms with Crippen molar-refractivity contribution in [3.05, 3.63) is 42.0 Å². The second-order valence-electron chi connectivity index (χ2n) is 9.91. The Labute approximate surface area is 242 Å². The second-order valence-corrected chi connectivity index (χ2v) is 10.7. The summed E-state index contributed by atoms with van der Waals surface area (Å²) in [5, 5.41) is 13.2. The maximum absolute atomic E-state index is 15.1. The summed E-state index contributed by atoms with van der Waals surface area (Å²) in [5.74, 6) is -0.616. The number of carbonyl (C=O) groups excluding carboxylic acids is 2. The van der Waals surface area contributed by atoms with Gasteiger partial charge in [0.05, 0.1) is 12.3 Å². The van der Waals surface area contributed by atoms with Gasteiger partial charge in [-0.25, -0.2) is 28.3 Å². The van der Waals surface area contributed by atoms with E-state index in [2.05, 4.69) is 15.1 Å². The van der Waals surface area contributed by atoms with Crippen LogP contribution in [0.5, 0.6) is 0 Å². The number of carbonyl (C=O) groups is 2. The van der Waals surface area contributed by atoms with Gasteiger partial charge in [-0.05, 0) is 32.7 Å². The molecule has 0 saturated carbocycles. The van der Waals surface area contributed by atoms with Crippen molar-refractivity contribution >= 4 is 41.8 Å². The number of oxime groups is 1. The average Bonchev–Trinajstić information content (AvgIpc) is 2.91. The van der Waals surface area contributed by atoms with Gasteiger partial charge >= 0.3 is 12.2 Å². The van der Waals surface area contributed by atoms with E-state index >= 15 is 4.39 Å². The van der Waals surface area contributed by atoms with Crippen LogP contribution in [0.15, 0.2) is 35.7 Å². The Morgan fingerprint density at radius 2 is 1.93 bits per heavy atom. The number of piperidine rings is 1. The van der Waals surface area contributed by atoms with Crippen molar-refractivity contribution in [2.45, 2.75) is 45.8 Å². The Kier molecular flexibility index (Phi) is 11.1. The van der Waals surface area contributed by atoms with Crippen LogP contribution in [-0.4, -0.2) is 76.2 Å². The van der Waals surface area contributed by atoms with E-state index < -0.39 is 29.6 Å². The highest BCUT2D eigenvalue weighted by Gasteiger charge is 2.22. The van der Waals surface area contributed by atoms with Gasteiger partial charge in [0.1, 0.15) is 24.6 Å². The lowest BCUT2D eigenvalue weighted by Gasteiger charge is -2.27. The van der Waals surface area contributed by atoms with Gasteiger partial charge in [0.25, 0.3) is 0 Å². The van der Waals surface area contributed by atoms with Gasteiger partial charge in [-0.3, -0.25) is 10.7 Å². The molecule has 41 heavy (non-hydrogen) atoms. The van der Waals surface area contributed by atoms with Crippen LogP contribution < -0.4 is 16.0 Å². The molecule has 1 aliphatic heterocycles. The molecule has 1 aliphatic rings. The molecule has 13 nitrogen and oxygen atoms in total. The van der Waals surface area contributed by atoms with Crippen LogP contribution in [0.25, 0.3) is 11.1 Å². The Balaban J connectivity index is 1.50. The molecule has 0 bridgehead atoms. The fraction of sp³-hybridized carbons (Fsp3) is 0.462. The Hall–Kier alpha value is -4.14. The SMILES string of the molecule is CSN(CCON=C1CCN(c2ncc(-c3cccc(COC(=O)NC(=N)N)c3F)cn2)CC1)C(=O)OC(C)(C)C. The van der Waals surface area contributed by atoms with Crippen LogP contribution in [0.1, 0.15) is 39.2 Å². The first kappa shape index (κ1) is 31.4. The normalized spacial score (nSPS) is 13.3. The number of aromatic nitrogens is 2. The van der Waals surface area contributed by atoms with Crippen molar-refractivity contribution < 1.29 is 28.3 Å². The van der Waals surface area contributed by atoms with E-state index in [0.29, 0.717) is 44.0 Å². The molecular formula is C26H35FN8O5S. The number of nitrogens with two attached hydrogens (primary N) is 1. The minimum atomic E-state index is -0.947. The van der Waals surface area contributed by atoms with Gasteiger partial charge in [0, 0.05) is 61.3 Å². The molecule has 1 saturated heterocycles. The number of nitrogens with zero attached hydrogens (tertiary/aromatic N) is 5. The molecule has 2 heterocycles. The van der Waals surface area contributed by atoms with E-state index in [1.807, 2.05) is 31.0 Å². The fourth-order valence-corrected chi connectivity index (χ4v) is 4.16. The number of halogens is 1. The first-order chi connectivity index (χ1) is 19.5. The molecule has 0 aliphatic carbocycles. The summed E-state index contributed by atoms with van der Waals surface area (Å²) in [6, 6.07) is 4.71. The number of nitrogens with one attached hydrogen (secondary N) is 2. The predicted octanol–water partition coefficient (Wildman–Crippen LogP) is 3.89. The highest BCUT2D eigenvalue weighted by molar-refractivity contribution is 7.96. The number of hydrogen-bond acceptors (Lipinski definition) is 11. The second kappa shape index (κ2) is 14.5. The van der Waals surface area contributed by atoms with Crippen LogP contribution in [0, 0.1) is 11.2 Å². The number of amides is 2. The van der Waals surface area contributed by atoms with Crippen LogP contribution in [0.3, 0.4) is 0 Å². The van der Waals surface area contributed by atoms with E-state index in [1.54, 1.807) is 30.8 Å². The summed E-state index contributed by atoms with van der Waals surface area (Å²) in [4.78, 5) is 40.0. The Bertz CT molecular complexity index is 1250. The molecule has 15 heteroatoms. The standard InChI is InChI=1S/C26H35FN8O5S/c1-26(2,3)40-25(37)35(41-4)12-13-39-33-19-8-10-34(11-9-19)23-30-14-18(15-31-23)20-7-5-6-17(21(20)27)16-38-24(36)32-22(28)29/h5-7,14-15H,8-13,16H2,1-4H3,(H4,28,29,32,36). The summed E-state index contributed by atoms with van der Waals surface area (Å²) in [6.45, 7) is 6.98. The molecule has 2 amide bonds. The monoisotopic (exact) mass is 590 g/mol. The molecule has 1 aromatic heterocycles. The van der Waals surface area contributed by atoms with E-state index in [9.17, 15) is 9.59 Å². The molecule has 1 aromatic carbocycles. The van der Waals surface area contributed by atoms with E-state index in [-0.39, 0.29) is 24.3 Å². The molecule has 2 aromatic rings. The summed E-state index contributed by atoms with van der Waals surface area (Å²) in [5.41, 5.74) is 6.31. The van der Waals surface area contributed by atoms with Gasteiger partial charge in [0.2, 0.25) is 5.95 Å². The van der Waals surface area contributed by atoms with Gasteiger partial charge in [0.15, 0.2) is 5.96 Å². The minimum absolute atomic E-state index is 0.154. The zero-order valence-electron chi connectivity index (χ0n) is 23.5. The predicted molar refractivity (Wildman–Crippen MR) is 154 cm³/mol. The third-order valence-electron chi connectivity index (χ3n) is 5.64. The zero-order valence-corrected chi connectivity index (χ0v) is 24.3. The first-order valence-corrected chi connectivity index (χ1v) is 14.0. The lowest BCUT2D eigenvalue weighted by Crippen LogP contribution is -2.36. The van der Waals surface area contributed by atoms with Gasteiger partial charge in [-0.2, -0.15) is 0 Å². The van der Waals surface area contributed by atoms with Gasteiger partial charge in [-0.15, -0.1) is 0 Å². The molecule has 1 fully saturated rings. The van der Waals surface area contributed by atoms with Crippen molar-refractivity contribution in [3.63, 3.8) is 0 Å². The van der Waals surface area contributed by atoms with Crippen LogP contribution >= 0.6 is 11.9 Å². The van der Waals surface area contributed by atoms with Crippen LogP contribution in [0.4, 0.5) is 19.9 Å². The maximum atomic E-state index is 15.1. The zero-order chi connectivity index (χ0) is 30.0. The Morgan fingerprint density at radius 3 is 2.54 bits per heavy atom. The van der Waals surface area contributed by atoms with Crippen LogP contribution in [-0.2, 0) is 20.9 Å². The quantitative estimate of drug-likeness (QED) is 0.128. The number of anilines is 1. The van der Waals surface area contributed by atoms with Crippen molar-refractivity contribution in [2.75, 3.05) is 37.4 Å². The number of guanidine groups is 1. The summed E-state index contributed by atoms with van der Waals surface area (Å²) in [6.07, 6.45) is 4.85. The lowest BCUT2D eigenvalue weighted by atomic mass is 10.1. The molecule has 0 atom stereocenters. The minimum Gasteiger partial charge on any atom is -0.444 e. The van der Waals surface area contributed by atoms with Crippen molar-refractivity contribution in [1.29, 1.82) is 5.41 Å². The highest BCUT2D eigenvalue weighted by Crippen LogP contribution is 2.26. The van der Waals surface area contributed by atoms with E-state index in [4.69, 9.17) is 25.5 Å². The van der Waals surface area contributed by atoms with Crippen LogP contribution in [0.2, 0.25) is 0 Å². The fourth-order valence-electron chi connectivity index (χ4n) is 3.71. The van der Waals surface area contributed by atoms with E-state index in [0.717, 1.165) is 5.71 Å². The topological polar surface area (TPSA) is 168 Å². The molecule has 222 valence electrons. The van der Waals surface area contributed by atoms with Crippen molar-refractivity contribution in [2.24, 2.45) is 10.9 Å². The average molecular weight is 591 g/mol. The molecule has 3 rings (SSSR count). The number of alkyl carbamates (subject to hydrolysis) is 1. The summed E-state index contributed by atoms with van der Waals surface area (Å²) < 4.78 is 26.8.